The average molecular weight is 367 g/mol. The number of aryl methyl sites for hydroxylation is 1. The van der Waals surface area contributed by atoms with E-state index in [0.717, 1.165) is 25.9 Å². The minimum atomic E-state index is -0.410. The second-order valence-electron chi connectivity index (χ2n) is 6.76. The first-order chi connectivity index (χ1) is 12.4. The fourth-order valence-electron chi connectivity index (χ4n) is 2.83. The standard InChI is InChI=1S/C19H33N3O4/c1-6-20-19(21-11-15(7-8-23)9-13(2)3)22-12-16-10-17(14(4)26-16)18(24)25-5/h10,13,15,23H,6-9,11-12H2,1-5H3,(H2,20,21,22). The molecule has 3 N–H and O–H groups in total. The summed E-state index contributed by atoms with van der Waals surface area (Å²) in [5.41, 5.74) is 0.426. The van der Waals surface area contributed by atoms with Crippen LogP contribution < -0.4 is 10.6 Å². The number of esters is 1. The van der Waals surface area contributed by atoms with Crippen LogP contribution in [0.2, 0.25) is 0 Å². The van der Waals surface area contributed by atoms with Crippen LogP contribution in [0.25, 0.3) is 0 Å². The summed E-state index contributed by atoms with van der Waals surface area (Å²) in [5.74, 6) is 2.38. The second kappa shape index (κ2) is 11.6. The topological polar surface area (TPSA) is 96.1 Å². The summed E-state index contributed by atoms with van der Waals surface area (Å²) in [6, 6.07) is 1.67. The van der Waals surface area contributed by atoms with E-state index in [9.17, 15) is 9.90 Å². The number of guanidine groups is 1. The van der Waals surface area contributed by atoms with Gasteiger partial charge < -0.3 is 24.9 Å². The first-order valence-corrected chi connectivity index (χ1v) is 9.21. The molecule has 0 spiro atoms. The van der Waals surface area contributed by atoms with E-state index < -0.39 is 5.97 Å². The van der Waals surface area contributed by atoms with Crippen LogP contribution in [0.5, 0.6) is 0 Å². The summed E-state index contributed by atoms with van der Waals surface area (Å²) in [5, 5.41) is 15.8. The zero-order valence-corrected chi connectivity index (χ0v) is 16.6. The molecule has 0 aliphatic rings. The van der Waals surface area contributed by atoms with E-state index in [0.29, 0.717) is 41.4 Å². The predicted octanol–water partition coefficient (Wildman–Crippen LogP) is 2.47. The van der Waals surface area contributed by atoms with Gasteiger partial charge in [0.1, 0.15) is 23.6 Å². The molecule has 0 aromatic carbocycles. The van der Waals surface area contributed by atoms with Gasteiger partial charge in [-0.15, -0.1) is 0 Å². The van der Waals surface area contributed by atoms with Gasteiger partial charge in [0.05, 0.1) is 7.11 Å². The van der Waals surface area contributed by atoms with Gasteiger partial charge in [0, 0.05) is 19.7 Å². The number of carbonyl (C=O) groups excluding carboxylic acids is 1. The highest BCUT2D eigenvalue weighted by Crippen LogP contribution is 2.17. The smallest absolute Gasteiger partial charge is 0.341 e. The Kier molecular flexibility index (Phi) is 9.80. The van der Waals surface area contributed by atoms with E-state index >= 15 is 0 Å². The number of carbonyl (C=O) groups is 1. The van der Waals surface area contributed by atoms with Crippen molar-refractivity contribution < 1.29 is 19.1 Å². The SMILES string of the molecule is CCNC(=NCc1cc(C(=O)OC)c(C)o1)NCC(CCO)CC(C)C. The van der Waals surface area contributed by atoms with Gasteiger partial charge >= 0.3 is 5.97 Å². The zero-order valence-electron chi connectivity index (χ0n) is 16.6. The summed E-state index contributed by atoms with van der Waals surface area (Å²) in [6.07, 6.45) is 1.82. The van der Waals surface area contributed by atoms with Gasteiger partial charge in [0.15, 0.2) is 5.96 Å². The maximum atomic E-state index is 11.7. The molecule has 7 heteroatoms. The van der Waals surface area contributed by atoms with Crippen LogP contribution in [0.3, 0.4) is 0 Å². The number of aliphatic hydroxyl groups excluding tert-OH is 1. The number of ether oxygens (including phenoxy) is 1. The van der Waals surface area contributed by atoms with E-state index in [-0.39, 0.29) is 6.61 Å². The molecule has 7 nitrogen and oxygen atoms in total. The fourth-order valence-corrected chi connectivity index (χ4v) is 2.83. The lowest BCUT2D eigenvalue weighted by Crippen LogP contribution is -2.40. The van der Waals surface area contributed by atoms with Crippen molar-refractivity contribution in [3.05, 3.63) is 23.2 Å². The average Bonchev–Trinajstić information content (AvgIpc) is 2.97. The normalized spacial score (nSPS) is 13.0. The molecule has 1 unspecified atom stereocenters. The van der Waals surface area contributed by atoms with Crippen molar-refractivity contribution in [2.45, 2.75) is 47.1 Å². The van der Waals surface area contributed by atoms with Crippen molar-refractivity contribution in [2.75, 3.05) is 26.8 Å². The number of hydrogen-bond acceptors (Lipinski definition) is 5. The molecular weight excluding hydrogens is 334 g/mol. The number of aliphatic imine (C=N–C) groups is 1. The highest BCUT2D eigenvalue weighted by atomic mass is 16.5. The lowest BCUT2D eigenvalue weighted by Gasteiger charge is -2.20. The molecular formula is C19H33N3O4. The number of aliphatic hydroxyl groups is 1. The maximum absolute atomic E-state index is 11.7. The highest BCUT2D eigenvalue weighted by Gasteiger charge is 2.15. The Hall–Kier alpha value is -2.02. The van der Waals surface area contributed by atoms with Crippen molar-refractivity contribution in [3.8, 4) is 0 Å². The van der Waals surface area contributed by atoms with Crippen molar-refractivity contribution in [3.63, 3.8) is 0 Å². The number of hydrogen-bond donors (Lipinski definition) is 3. The number of nitrogens with zero attached hydrogens (tertiary/aromatic N) is 1. The third-order valence-corrected chi connectivity index (χ3v) is 4.01. The van der Waals surface area contributed by atoms with Crippen LogP contribution in [0.4, 0.5) is 0 Å². The van der Waals surface area contributed by atoms with Gasteiger partial charge in [-0.3, -0.25) is 0 Å². The van der Waals surface area contributed by atoms with Crippen molar-refractivity contribution in [1.29, 1.82) is 0 Å². The largest absolute Gasteiger partial charge is 0.465 e. The molecule has 0 amide bonds. The van der Waals surface area contributed by atoms with Crippen molar-refractivity contribution >= 4 is 11.9 Å². The monoisotopic (exact) mass is 367 g/mol. The Labute approximate surface area is 156 Å². The first-order valence-electron chi connectivity index (χ1n) is 9.21. The van der Waals surface area contributed by atoms with E-state index in [1.165, 1.54) is 7.11 Å². The van der Waals surface area contributed by atoms with Gasteiger partial charge in [0.2, 0.25) is 0 Å². The Morgan fingerprint density at radius 1 is 1.38 bits per heavy atom. The maximum Gasteiger partial charge on any atom is 0.341 e. The zero-order chi connectivity index (χ0) is 19.5. The fraction of sp³-hybridized carbons (Fsp3) is 0.684. The molecule has 0 bridgehead atoms. The molecule has 1 atom stereocenters. The number of methoxy groups -OCH3 is 1. The minimum Gasteiger partial charge on any atom is -0.465 e. The third-order valence-electron chi connectivity index (χ3n) is 4.01. The van der Waals surface area contributed by atoms with Crippen LogP contribution >= 0.6 is 0 Å². The van der Waals surface area contributed by atoms with E-state index in [1.807, 2.05) is 6.92 Å². The van der Waals surface area contributed by atoms with Crippen LogP contribution in [0.1, 0.15) is 55.5 Å². The Morgan fingerprint density at radius 3 is 2.69 bits per heavy atom. The second-order valence-corrected chi connectivity index (χ2v) is 6.76. The lowest BCUT2D eigenvalue weighted by atomic mass is 9.94. The minimum absolute atomic E-state index is 0.189. The summed E-state index contributed by atoms with van der Waals surface area (Å²) >= 11 is 0. The molecule has 26 heavy (non-hydrogen) atoms. The van der Waals surface area contributed by atoms with Gasteiger partial charge in [-0.1, -0.05) is 13.8 Å². The van der Waals surface area contributed by atoms with Gasteiger partial charge in [-0.2, -0.15) is 0 Å². The number of rotatable bonds is 10. The van der Waals surface area contributed by atoms with E-state index in [1.54, 1.807) is 13.0 Å². The van der Waals surface area contributed by atoms with Gasteiger partial charge in [0.25, 0.3) is 0 Å². The molecule has 1 aromatic rings. The van der Waals surface area contributed by atoms with Gasteiger partial charge in [-0.25, -0.2) is 9.79 Å². The van der Waals surface area contributed by atoms with Crippen LogP contribution in [-0.2, 0) is 11.3 Å². The molecule has 0 aliphatic heterocycles. The quantitative estimate of drug-likeness (QED) is 0.334. The van der Waals surface area contributed by atoms with Crippen LogP contribution in [0.15, 0.2) is 15.5 Å². The lowest BCUT2D eigenvalue weighted by molar-refractivity contribution is 0.0599. The van der Waals surface area contributed by atoms with Crippen LogP contribution in [0, 0.1) is 18.8 Å². The van der Waals surface area contributed by atoms with E-state index in [4.69, 9.17) is 9.15 Å². The summed E-state index contributed by atoms with van der Waals surface area (Å²) in [6.45, 7) is 10.1. The molecule has 0 saturated carbocycles. The molecule has 1 heterocycles. The predicted molar refractivity (Wildman–Crippen MR) is 102 cm³/mol. The molecule has 0 aliphatic carbocycles. The van der Waals surface area contributed by atoms with Crippen molar-refractivity contribution in [2.24, 2.45) is 16.8 Å². The van der Waals surface area contributed by atoms with E-state index in [2.05, 4.69) is 29.5 Å². The number of nitrogens with one attached hydrogen (secondary N) is 2. The summed E-state index contributed by atoms with van der Waals surface area (Å²) in [4.78, 5) is 16.2. The molecule has 148 valence electrons. The summed E-state index contributed by atoms with van der Waals surface area (Å²) < 4.78 is 10.3. The Balaban J connectivity index is 2.72. The Bertz CT molecular complexity index is 581. The van der Waals surface area contributed by atoms with Crippen LogP contribution in [-0.4, -0.2) is 43.8 Å². The molecule has 1 rings (SSSR count). The summed E-state index contributed by atoms with van der Waals surface area (Å²) in [7, 11) is 1.35. The molecule has 0 fully saturated rings. The molecule has 0 radical (unpaired) electrons. The van der Waals surface area contributed by atoms with Crippen molar-refractivity contribution in [1.82, 2.24) is 10.6 Å². The number of furan rings is 1. The Morgan fingerprint density at radius 2 is 2.12 bits per heavy atom. The highest BCUT2D eigenvalue weighted by molar-refractivity contribution is 5.90. The van der Waals surface area contributed by atoms with Gasteiger partial charge in [-0.05, 0) is 44.6 Å². The first kappa shape index (κ1) is 22.0. The third kappa shape index (κ3) is 7.47. The molecule has 1 aromatic heterocycles. The molecule has 0 saturated heterocycles.